The number of imide groups is 2. The highest BCUT2D eigenvalue weighted by molar-refractivity contribution is 6.33. The van der Waals surface area contributed by atoms with E-state index in [-0.39, 0.29) is 35.6 Å². The summed E-state index contributed by atoms with van der Waals surface area (Å²) in [7, 11) is 0. The van der Waals surface area contributed by atoms with Crippen LogP contribution in [0.5, 0.6) is 5.75 Å². The highest BCUT2D eigenvalue weighted by Gasteiger charge is 2.70. The first kappa shape index (κ1) is 39.2. The van der Waals surface area contributed by atoms with Crippen molar-refractivity contribution in [3.63, 3.8) is 0 Å². The number of aromatic nitrogens is 1. The number of carbonyl (C=O) groups is 5. The third-order valence-electron chi connectivity index (χ3n) is 12.2. The van der Waals surface area contributed by atoms with Gasteiger partial charge in [0.25, 0.3) is 11.8 Å². The van der Waals surface area contributed by atoms with Crippen molar-refractivity contribution in [1.82, 2.24) is 9.99 Å². The Hall–Kier alpha value is -6.31. The number of nitrogens with zero attached hydrogens (tertiary/aromatic N) is 3. The molecule has 1 aromatic heterocycles. The second-order valence-corrected chi connectivity index (χ2v) is 16.1. The Bertz CT molecular complexity index is 2660. The zero-order valence-electron chi connectivity index (χ0n) is 31.1. The monoisotopic (exact) mass is 850 g/mol. The molecule has 10 nitrogen and oxygen atoms in total. The maximum atomic E-state index is 15.3. The molecule has 2 saturated heterocycles. The zero-order valence-corrected chi connectivity index (χ0v) is 32.6. The fraction of sp³-hybridized carbons (Fsp3) is 0.200. The summed E-state index contributed by atoms with van der Waals surface area (Å²) < 4.78 is 40.5. The number of allylic oxidation sites excluding steroid dienone is 2. The highest BCUT2D eigenvalue weighted by atomic mass is 35.5. The molecule has 4 aromatic carbocycles. The molecule has 2 N–H and O–H groups in total. The van der Waals surface area contributed by atoms with Crippen LogP contribution in [0.4, 0.5) is 24.7 Å². The van der Waals surface area contributed by atoms with Crippen molar-refractivity contribution in [3.8, 4) is 5.75 Å². The minimum absolute atomic E-state index is 0.1000. The number of phenols is 1. The smallest absolute Gasteiger partial charge is 0.417 e. The number of ketones is 1. The minimum atomic E-state index is -4.77. The van der Waals surface area contributed by atoms with Gasteiger partial charge in [0.2, 0.25) is 11.8 Å². The Morgan fingerprint density at radius 1 is 0.817 bits per heavy atom. The van der Waals surface area contributed by atoms with Gasteiger partial charge in [0.1, 0.15) is 5.75 Å². The molecule has 6 atom stereocenters. The van der Waals surface area contributed by atoms with Crippen molar-refractivity contribution in [2.24, 2.45) is 23.7 Å². The molecule has 0 spiro atoms. The summed E-state index contributed by atoms with van der Waals surface area (Å²) in [6.07, 6.45) is -2.44. The Morgan fingerprint density at radius 3 is 2.15 bits per heavy atom. The van der Waals surface area contributed by atoms with Crippen molar-refractivity contribution in [2.75, 3.05) is 10.3 Å². The van der Waals surface area contributed by atoms with E-state index in [2.05, 4.69) is 10.4 Å². The molecular weight excluding hydrogens is 820 g/mol. The predicted molar refractivity (Wildman–Crippen MR) is 214 cm³/mol. The average Bonchev–Trinajstić information content (AvgIpc) is 3.62. The maximum Gasteiger partial charge on any atom is 0.417 e. The second kappa shape index (κ2) is 14.5. The summed E-state index contributed by atoms with van der Waals surface area (Å²) in [6, 6.07) is 28.1. The van der Waals surface area contributed by atoms with Gasteiger partial charge in [-0.3, -0.25) is 34.3 Å². The van der Waals surface area contributed by atoms with E-state index < -0.39 is 81.2 Å². The number of fused-ring (bicyclic) bond motifs is 4. The van der Waals surface area contributed by atoms with Crippen LogP contribution in [0.25, 0.3) is 0 Å². The number of amides is 4. The summed E-state index contributed by atoms with van der Waals surface area (Å²) in [5.41, 5.74) is 1.91. The van der Waals surface area contributed by atoms with E-state index in [4.69, 9.17) is 23.2 Å². The largest absolute Gasteiger partial charge is 0.508 e. The van der Waals surface area contributed by atoms with Gasteiger partial charge in [-0.05, 0) is 72.9 Å². The van der Waals surface area contributed by atoms with Gasteiger partial charge < -0.3 is 5.11 Å². The topological polar surface area (TPSA) is 137 Å². The molecule has 5 aromatic rings. The summed E-state index contributed by atoms with van der Waals surface area (Å²) >= 11 is 12.6. The number of rotatable bonds is 7. The van der Waals surface area contributed by atoms with Crippen LogP contribution in [-0.4, -0.2) is 44.5 Å². The van der Waals surface area contributed by atoms with Gasteiger partial charge in [-0.15, -0.1) is 0 Å². The van der Waals surface area contributed by atoms with Gasteiger partial charge >= 0.3 is 6.18 Å². The van der Waals surface area contributed by atoms with Crippen LogP contribution in [0.1, 0.15) is 51.4 Å². The summed E-state index contributed by atoms with van der Waals surface area (Å²) in [4.78, 5) is 77.2. The SMILES string of the molecule is O=C(c1ccccc1)c1ccc(N2C(=O)[C@H]3[C@H](CC=C4[C@H]3C[C@H]3C(=O)N(Nc5ncc(C(F)(F)F)cc5Cl)C(=O)[C@@]3(c3ccc(Cl)cc3)[C@H]4c3ccccc3O)C2=O)cc1. The molecule has 15 heteroatoms. The fourth-order valence-corrected chi connectivity index (χ4v) is 9.97. The molecule has 3 heterocycles. The number of hydrazine groups is 1. The van der Waals surface area contributed by atoms with Gasteiger partial charge in [0.05, 0.1) is 39.4 Å². The van der Waals surface area contributed by atoms with E-state index in [1.54, 1.807) is 84.9 Å². The minimum Gasteiger partial charge on any atom is -0.508 e. The first-order valence-corrected chi connectivity index (χ1v) is 19.7. The maximum absolute atomic E-state index is 15.3. The molecule has 4 aliphatic rings. The highest BCUT2D eigenvalue weighted by Crippen LogP contribution is 2.65. The van der Waals surface area contributed by atoms with Crippen LogP contribution in [0, 0.1) is 23.7 Å². The molecule has 2 aliphatic carbocycles. The second-order valence-electron chi connectivity index (χ2n) is 15.2. The van der Waals surface area contributed by atoms with Crippen molar-refractivity contribution in [2.45, 2.75) is 30.4 Å². The van der Waals surface area contributed by atoms with Crippen LogP contribution in [0.3, 0.4) is 0 Å². The molecule has 0 unspecified atom stereocenters. The number of aromatic hydroxyl groups is 1. The quantitative estimate of drug-likeness (QED) is 0.0945. The summed E-state index contributed by atoms with van der Waals surface area (Å²) in [6.45, 7) is 0. The van der Waals surface area contributed by atoms with Crippen molar-refractivity contribution >= 4 is 64.1 Å². The van der Waals surface area contributed by atoms with Gasteiger partial charge in [-0.1, -0.05) is 95.5 Å². The van der Waals surface area contributed by atoms with Gasteiger partial charge in [-0.25, -0.2) is 4.98 Å². The van der Waals surface area contributed by atoms with E-state index in [0.29, 0.717) is 44.6 Å². The predicted octanol–water partition coefficient (Wildman–Crippen LogP) is 8.53. The number of hydrogen-bond donors (Lipinski definition) is 2. The standard InChI is InChI=1S/C45H31Cl2F3N4O6/c46-27-14-12-25(13-15-27)44-33(41(58)54(43(44)60)52-39-34(47)20-26(22-51-39)45(48,49)50)21-32-29(37(44)30-8-4-5-9-35(30)55)18-19-31-36(32)42(59)53(40(31)57)28-16-10-24(11-17-28)38(56)23-6-2-1-3-7-23/h1-18,20,22,31-33,36-37,55H,19,21H2,(H,51,52)/t31-,32+,33-,36-,37+,44+/m0/s1. The molecule has 3 fully saturated rings. The van der Waals surface area contributed by atoms with Crippen LogP contribution in [0.15, 0.2) is 127 Å². The number of para-hydroxylation sites is 1. The van der Waals surface area contributed by atoms with E-state index in [0.717, 1.165) is 4.90 Å². The zero-order chi connectivity index (χ0) is 42.2. The molecule has 9 rings (SSSR count). The summed E-state index contributed by atoms with van der Waals surface area (Å²) in [5, 5.41) is 12.0. The molecule has 302 valence electrons. The Balaban J connectivity index is 1.15. The van der Waals surface area contributed by atoms with E-state index >= 15 is 4.79 Å². The Morgan fingerprint density at radius 2 is 1.48 bits per heavy atom. The number of pyridine rings is 1. The molecule has 0 radical (unpaired) electrons. The Labute approximate surface area is 350 Å². The number of nitrogens with one attached hydrogen (secondary N) is 1. The van der Waals surface area contributed by atoms with E-state index in [1.165, 1.54) is 18.2 Å². The third-order valence-corrected chi connectivity index (χ3v) is 12.8. The lowest BCUT2D eigenvalue weighted by atomic mass is 9.49. The average molecular weight is 852 g/mol. The Kier molecular flexibility index (Phi) is 9.44. The third kappa shape index (κ3) is 6.01. The van der Waals surface area contributed by atoms with Crippen molar-refractivity contribution < 1.29 is 42.3 Å². The van der Waals surface area contributed by atoms with Crippen LogP contribution in [-0.2, 0) is 30.8 Å². The molecule has 4 amide bonds. The molecular formula is C45H31Cl2F3N4O6. The van der Waals surface area contributed by atoms with Crippen molar-refractivity contribution in [3.05, 3.63) is 165 Å². The molecule has 1 saturated carbocycles. The lowest BCUT2D eigenvalue weighted by Gasteiger charge is -2.50. The molecule has 2 aliphatic heterocycles. The fourth-order valence-electron chi connectivity index (χ4n) is 9.63. The number of alkyl halides is 3. The van der Waals surface area contributed by atoms with Gasteiger partial charge in [-0.2, -0.15) is 18.2 Å². The van der Waals surface area contributed by atoms with E-state index in [1.807, 2.05) is 6.08 Å². The van der Waals surface area contributed by atoms with Crippen LogP contribution < -0.4 is 10.3 Å². The summed E-state index contributed by atoms with van der Waals surface area (Å²) in [5.74, 6) is -8.35. The lowest BCUT2D eigenvalue weighted by molar-refractivity contribution is -0.139. The number of halogens is 5. The first-order valence-electron chi connectivity index (χ1n) is 18.9. The molecule has 60 heavy (non-hydrogen) atoms. The number of benzene rings is 4. The van der Waals surface area contributed by atoms with Gasteiger partial charge in [0.15, 0.2) is 11.6 Å². The van der Waals surface area contributed by atoms with Crippen LogP contribution in [0.2, 0.25) is 10.0 Å². The van der Waals surface area contributed by atoms with E-state index in [9.17, 15) is 37.5 Å². The number of hydrogen-bond acceptors (Lipinski definition) is 8. The lowest BCUT2D eigenvalue weighted by Crippen LogP contribution is -2.53. The van der Waals surface area contributed by atoms with Crippen molar-refractivity contribution in [1.29, 1.82) is 0 Å². The number of anilines is 2. The molecule has 0 bridgehead atoms. The number of carbonyl (C=O) groups excluding carboxylic acids is 5. The van der Waals surface area contributed by atoms with Crippen LogP contribution >= 0.6 is 23.2 Å². The van der Waals surface area contributed by atoms with Gasteiger partial charge in [0, 0.05) is 33.8 Å². The normalized spacial score (nSPS) is 24.8. The number of phenolic OH excluding ortho intramolecular Hbond substituents is 1. The first-order chi connectivity index (χ1) is 28.7.